The first kappa shape index (κ1) is 23.5. The Hall–Kier alpha value is -3.64. The summed E-state index contributed by atoms with van der Waals surface area (Å²) >= 11 is 0. The number of nitrogens with zero attached hydrogens (tertiary/aromatic N) is 2. The van der Waals surface area contributed by atoms with Crippen molar-refractivity contribution in [3.8, 4) is 0 Å². The molecule has 3 aromatic rings. The molecule has 1 atom stereocenters. The fourth-order valence-corrected chi connectivity index (χ4v) is 4.62. The maximum Gasteiger partial charge on any atom is 0.303 e. The van der Waals surface area contributed by atoms with Crippen LogP contribution in [-0.4, -0.2) is 29.9 Å². The van der Waals surface area contributed by atoms with Gasteiger partial charge in [0.05, 0.1) is 11.4 Å². The van der Waals surface area contributed by atoms with Crippen LogP contribution in [0.5, 0.6) is 0 Å². The lowest BCUT2D eigenvalue weighted by Gasteiger charge is -2.28. The van der Waals surface area contributed by atoms with E-state index in [0.717, 1.165) is 23.2 Å². The van der Waals surface area contributed by atoms with E-state index in [0.29, 0.717) is 31.9 Å². The van der Waals surface area contributed by atoms with Crippen LogP contribution < -0.4 is 10.6 Å². The molecule has 6 heteroatoms. The highest BCUT2D eigenvalue weighted by Gasteiger charge is 2.28. The molecule has 4 rings (SSSR count). The summed E-state index contributed by atoms with van der Waals surface area (Å²) < 4.78 is 5.81. The predicted octanol–water partition coefficient (Wildman–Crippen LogP) is 4.48. The predicted molar refractivity (Wildman–Crippen MR) is 134 cm³/mol. The molecule has 6 nitrogen and oxygen atoms in total. The van der Waals surface area contributed by atoms with Crippen LogP contribution in [0.25, 0.3) is 0 Å². The average molecular weight is 458 g/mol. The average Bonchev–Trinajstić information content (AvgIpc) is 3.25. The van der Waals surface area contributed by atoms with Gasteiger partial charge in [-0.3, -0.25) is 14.5 Å². The minimum atomic E-state index is -0.482. The van der Waals surface area contributed by atoms with Crippen molar-refractivity contribution in [2.75, 3.05) is 23.7 Å². The summed E-state index contributed by atoms with van der Waals surface area (Å²) in [5, 5.41) is 0. The molecule has 2 N–H and O–H groups in total. The third kappa shape index (κ3) is 5.64. The first-order chi connectivity index (χ1) is 16.4. The maximum absolute atomic E-state index is 12.1. The monoisotopic (exact) mass is 457 g/mol. The van der Waals surface area contributed by atoms with E-state index in [9.17, 15) is 9.59 Å². The second-order valence-electron chi connectivity index (χ2n) is 8.78. The Morgan fingerprint density at radius 2 is 1.56 bits per heavy atom. The van der Waals surface area contributed by atoms with E-state index in [2.05, 4.69) is 29.2 Å². The van der Waals surface area contributed by atoms with Crippen LogP contribution in [0.1, 0.15) is 42.2 Å². The molecule has 0 fully saturated rings. The highest BCUT2D eigenvalue weighted by atomic mass is 16.5. The molecule has 3 aromatic carbocycles. The van der Waals surface area contributed by atoms with E-state index in [1.165, 1.54) is 18.1 Å². The molecule has 0 radical (unpaired) electrons. The van der Waals surface area contributed by atoms with E-state index in [4.69, 9.17) is 10.5 Å². The number of fused-ring (bicyclic) bond motifs is 1. The fourth-order valence-electron chi connectivity index (χ4n) is 4.62. The first-order valence-electron chi connectivity index (χ1n) is 11.6. The second-order valence-corrected chi connectivity index (χ2v) is 8.78. The number of hydrogen-bond acceptors (Lipinski definition) is 5. The van der Waals surface area contributed by atoms with Crippen molar-refractivity contribution in [2.45, 2.75) is 39.5 Å². The van der Waals surface area contributed by atoms with E-state index >= 15 is 0 Å². The van der Waals surface area contributed by atoms with Crippen LogP contribution in [-0.2, 0) is 33.8 Å². The molecule has 176 valence electrons. The van der Waals surface area contributed by atoms with Gasteiger partial charge in [0.15, 0.2) is 0 Å². The van der Waals surface area contributed by atoms with Crippen LogP contribution in [0.3, 0.4) is 0 Å². The third-order valence-corrected chi connectivity index (χ3v) is 6.10. The number of anilines is 2. The van der Waals surface area contributed by atoms with Crippen LogP contribution in [0.15, 0.2) is 72.8 Å². The van der Waals surface area contributed by atoms with Crippen LogP contribution >= 0.6 is 0 Å². The van der Waals surface area contributed by atoms with Crippen LogP contribution in [0.2, 0.25) is 0 Å². The molecule has 0 aromatic heterocycles. The molecule has 0 bridgehead atoms. The number of rotatable bonds is 8. The fraction of sp³-hybridized carbons (Fsp3) is 0.286. The van der Waals surface area contributed by atoms with Gasteiger partial charge in [0.2, 0.25) is 5.91 Å². The van der Waals surface area contributed by atoms with Gasteiger partial charge in [0.1, 0.15) is 6.10 Å². The van der Waals surface area contributed by atoms with Gasteiger partial charge in [-0.25, -0.2) is 0 Å². The molecule has 34 heavy (non-hydrogen) atoms. The van der Waals surface area contributed by atoms with Gasteiger partial charge in [-0.05, 0) is 40.8 Å². The van der Waals surface area contributed by atoms with Crippen LogP contribution in [0, 0.1) is 0 Å². The number of amides is 1. The zero-order chi connectivity index (χ0) is 24.1. The van der Waals surface area contributed by atoms with Crippen molar-refractivity contribution < 1.29 is 14.3 Å². The Morgan fingerprint density at radius 1 is 0.971 bits per heavy atom. The number of hydrogen-bond donors (Lipinski definition) is 1. The molecular weight excluding hydrogens is 426 g/mol. The third-order valence-electron chi connectivity index (χ3n) is 6.10. The summed E-state index contributed by atoms with van der Waals surface area (Å²) in [4.78, 5) is 28.1. The number of esters is 1. The molecule has 0 spiro atoms. The largest absolute Gasteiger partial charge is 0.456 e. The SMILES string of the molecule is CC(=O)OC(CN(Cc1ccccc1)Cc1ccccc1)c1cc(N)c2c(c1)CCN2C(C)=O. The number of carbonyl (C=O) groups is 2. The van der Waals surface area contributed by atoms with E-state index in [1.807, 2.05) is 48.5 Å². The van der Waals surface area contributed by atoms with Crippen LogP contribution in [0.4, 0.5) is 11.4 Å². The molecule has 1 amide bonds. The Morgan fingerprint density at radius 3 is 2.09 bits per heavy atom. The number of benzene rings is 3. The Balaban J connectivity index is 1.64. The normalized spacial score (nSPS) is 13.6. The molecule has 1 aliphatic heterocycles. The van der Waals surface area contributed by atoms with Gasteiger partial charge in [0.25, 0.3) is 0 Å². The van der Waals surface area contributed by atoms with E-state index < -0.39 is 6.10 Å². The minimum Gasteiger partial charge on any atom is -0.456 e. The Kier molecular flexibility index (Phi) is 7.28. The Bertz CT molecular complexity index is 1110. The topological polar surface area (TPSA) is 75.9 Å². The molecule has 0 saturated carbocycles. The summed E-state index contributed by atoms with van der Waals surface area (Å²) in [6, 6.07) is 24.4. The lowest BCUT2D eigenvalue weighted by Crippen LogP contribution is -2.30. The van der Waals surface area contributed by atoms with Crippen molar-refractivity contribution in [3.63, 3.8) is 0 Å². The standard InChI is InChI=1S/C28H31N3O3/c1-20(32)31-14-13-24-15-25(16-26(29)28(24)31)27(34-21(2)33)19-30(17-22-9-5-3-6-10-22)18-23-11-7-4-8-12-23/h3-12,15-16,27H,13-14,17-19,29H2,1-2H3. The second kappa shape index (κ2) is 10.5. The number of ether oxygens (including phenoxy) is 1. The van der Waals surface area contributed by atoms with Crippen molar-refractivity contribution in [1.82, 2.24) is 4.90 Å². The maximum atomic E-state index is 12.1. The van der Waals surface area contributed by atoms with Crippen molar-refractivity contribution in [3.05, 3.63) is 95.1 Å². The van der Waals surface area contributed by atoms with Crippen molar-refractivity contribution in [2.24, 2.45) is 0 Å². The molecule has 1 aliphatic rings. The van der Waals surface area contributed by atoms with Gasteiger partial charge < -0.3 is 15.4 Å². The summed E-state index contributed by atoms with van der Waals surface area (Å²) in [5.41, 5.74) is 12.0. The quantitative estimate of drug-likeness (QED) is 0.399. The zero-order valence-corrected chi connectivity index (χ0v) is 19.7. The molecule has 1 heterocycles. The summed E-state index contributed by atoms with van der Waals surface area (Å²) in [5.74, 6) is -0.361. The Labute approximate surface area is 200 Å². The van der Waals surface area contributed by atoms with Gasteiger partial charge in [-0.15, -0.1) is 0 Å². The summed E-state index contributed by atoms with van der Waals surface area (Å²) in [6.45, 7) is 5.54. The van der Waals surface area contributed by atoms with Gasteiger partial charge in [-0.2, -0.15) is 0 Å². The summed E-state index contributed by atoms with van der Waals surface area (Å²) in [6.07, 6.45) is 0.251. The lowest BCUT2D eigenvalue weighted by molar-refractivity contribution is -0.147. The van der Waals surface area contributed by atoms with Crippen molar-refractivity contribution >= 4 is 23.3 Å². The zero-order valence-electron chi connectivity index (χ0n) is 19.7. The molecule has 1 unspecified atom stereocenters. The highest BCUT2D eigenvalue weighted by Crippen LogP contribution is 2.37. The molecule has 0 saturated heterocycles. The number of nitrogen functional groups attached to an aromatic ring is 1. The van der Waals surface area contributed by atoms with Gasteiger partial charge >= 0.3 is 5.97 Å². The number of carbonyl (C=O) groups excluding carboxylic acids is 2. The van der Waals surface area contributed by atoms with Gasteiger partial charge in [-0.1, -0.05) is 60.7 Å². The van der Waals surface area contributed by atoms with Crippen molar-refractivity contribution in [1.29, 1.82) is 0 Å². The number of nitrogens with two attached hydrogens (primary N) is 1. The highest BCUT2D eigenvalue weighted by molar-refractivity contribution is 5.97. The lowest BCUT2D eigenvalue weighted by atomic mass is 10.0. The molecular formula is C28H31N3O3. The minimum absolute atomic E-state index is 0.0216. The van der Waals surface area contributed by atoms with Gasteiger partial charge in [0, 0.05) is 40.0 Å². The molecule has 0 aliphatic carbocycles. The smallest absolute Gasteiger partial charge is 0.303 e. The summed E-state index contributed by atoms with van der Waals surface area (Å²) in [7, 11) is 0. The van der Waals surface area contributed by atoms with E-state index in [1.54, 1.807) is 11.8 Å². The first-order valence-corrected chi connectivity index (χ1v) is 11.6. The van der Waals surface area contributed by atoms with E-state index in [-0.39, 0.29) is 11.9 Å².